The van der Waals surface area contributed by atoms with Crippen LogP contribution in [-0.4, -0.2) is 30.6 Å². The zero-order valence-electron chi connectivity index (χ0n) is 12.1. The van der Waals surface area contributed by atoms with Crippen LogP contribution >= 0.6 is 0 Å². The Hall–Kier alpha value is -1.62. The fraction of sp³-hybridized carbons (Fsp3) is 0.571. The quantitative estimate of drug-likeness (QED) is 0.782. The van der Waals surface area contributed by atoms with Crippen molar-refractivity contribution in [2.24, 2.45) is 0 Å². The number of ether oxygens (including phenoxy) is 1. The van der Waals surface area contributed by atoms with Crippen molar-refractivity contribution in [1.82, 2.24) is 15.6 Å². The number of carbonyl (C=O) groups excluding carboxylic acids is 1. The van der Waals surface area contributed by atoms with Gasteiger partial charge in [0, 0.05) is 30.9 Å². The average Bonchev–Trinajstić information content (AvgIpc) is 2.41. The van der Waals surface area contributed by atoms with Gasteiger partial charge >= 0.3 is 0 Å². The van der Waals surface area contributed by atoms with Crippen molar-refractivity contribution in [3.8, 4) is 5.75 Å². The van der Waals surface area contributed by atoms with E-state index in [1.807, 2.05) is 32.9 Å². The number of aryl methyl sites for hydroxylation is 1. The number of amides is 1. The summed E-state index contributed by atoms with van der Waals surface area (Å²) in [6.45, 7) is 7.04. The summed E-state index contributed by atoms with van der Waals surface area (Å²) < 4.78 is 5.20. The van der Waals surface area contributed by atoms with E-state index in [0.717, 1.165) is 23.6 Å². The number of hydrogen-bond donors (Lipinski definition) is 2. The van der Waals surface area contributed by atoms with Crippen molar-refractivity contribution in [3.05, 3.63) is 23.5 Å². The summed E-state index contributed by atoms with van der Waals surface area (Å²) in [5.41, 5.74) is 1.77. The van der Waals surface area contributed by atoms with Crippen molar-refractivity contribution in [2.45, 2.75) is 39.8 Å². The summed E-state index contributed by atoms with van der Waals surface area (Å²) in [5.74, 6) is 0.800. The highest BCUT2D eigenvalue weighted by Crippen LogP contribution is 2.13. The second-order valence-electron chi connectivity index (χ2n) is 4.53. The Kier molecular flexibility index (Phi) is 6.29. The number of hydrogen-bond acceptors (Lipinski definition) is 4. The molecule has 0 aliphatic heterocycles. The molecule has 0 aliphatic rings. The fourth-order valence-corrected chi connectivity index (χ4v) is 1.66. The van der Waals surface area contributed by atoms with Gasteiger partial charge < -0.3 is 15.4 Å². The first-order chi connectivity index (χ1) is 9.06. The number of rotatable bonds is 7. The van der Waals surface area contributed by atoms with Crippen LogP contribution in [0.15, 0.2) is 12.1 Å². The molecule has 0 aliphatic carbocycles. The number of nitrogens with one attached hydrogen (secondary N) is 2. The first-order valence-electron chi connectivity index (χ1n) is 6.59. The van der Waals surface area contributed by atoms with E-state index in [1.54, 1.807) is 7.11 Å². The lowest BCUT2D eigenvalue weighted by Gasteiger charge is -2.14. The van der Waals surface area contributed by atoms with Gasteiger partial charge in [0.25, 0.3) is 0 Å². The van der Waals surface area contributed by atoms with Gasteiger partial charge in [-0.05, 0) is 20.3 Å². The smallest absolute Gasteiger partial charge is 0.236 e. The highest BCUT2D eigenvalue weighted by molar-refractivity contribution is 5.81. The Bertz CT molecular complexity index is 421. The van der Waals surface area contributed by atoms with E-state index >= 15 is 0 Å². The summed E-state index contributed by atoms with van der Waals surface area (Å²) in [5, 5.41) is 6.01. The highest BCUT2D eigenvalue weighted by Gasteiger charge is 2.11. The lowest BCUT2D eigenvalue weighted by Crippen LogP contribution is -2.42. The minimum absolute atomic E-state index is 0.0152. The Morgan fingerprint density at radius 1 is 1.47 bits per heavy atom. The third-order valence-corrected chi connectivity index (χ3v) is 2.75. The van der Waals surface area contributed by atoms with Gasteiger partial charge in [0.2, 0.25) is 5.91 Å². The first kappa shape index (κ1) is 15.4. The topological polar surface area (TPSA) is 63.2 Å². The Morgan fingerprint density at radius 2 is 2.21 bits per heavy atom. The Morgan fingerprint density at radius 3 is 2.84 bits per heavy atom. The highest BCUT2D eigenvalue weighted by atomic mass is 16.5. The van der Waals surface area contributed by atoms with Gasteiger partial charge in [0.05, 0.1) is 18.8 Å². The van der Waals surface area contributed by atoms with E-state index in [4.69, 9.17) is 4.74 Å². The van der Waals surface area contributed by atoms with Crippen LogP contribution in [0.2, 0.25) is 0 Å². The molecule has 1 aromatic rings. The zero-order valence-corrected chi connectivity index (χ0v) is 12.1. The summed E-state index contributed by atoms with van der Waals surface area (Å²) in [7, 11) is 1.63. The number of pyridine rings is 1. The van der Waals surface area contributed by atoms with Gasteiger partial charge in [-0.15, -0.1) is 0 Å². The Balaban J connectivity index is 2.51. The van der Waals surface area contributed by atoms with Gasteiger partial charge in [0.15, 0.2) is 0 Å². The maximum Gasteiger partial charge on any atom is 0.236 e. The molecule has 1 unspecified atom stereocenters. The standard InChI is InChI=1S/C14H23N3O2/c1-5-6-15-14(18)11(3)16-9-12-8-13(19-4)7-10(2)17-12/h7-8,11,16H,5-6,9H2,1-4H3,(H,15,18). The average molecular weight is 265 g/mol. The molecule has 0 saturated carbocycles. The predicted octanol–water partition coefficient (Wildman–Crippen LogP) is 1.40. The van der Waals surface area contributed by atoms with E-state index in [2.05, 4.69) is 15.6 Å². The van der Waals surface area contributed by atoms with E-state index in [9.17, 15) is 4.79 Å². The molecule has 19 heavy (non-hydrogen) atoms. The number of methoxy groups -OCH3 is 1. The monoisotopic (exact) mass is 265 g/mol. The van der Waals surface area contributed by atoms with E-state index in [0.29, 0.717) is 13.1 Å². The van der Waals surface area contributed by atoms with Crippen LogP contribution in [0.3, 0.4) is 0 Å². The van der Waals surface area contributed by atoms with Crippen molar-refractivity contribution in [3.63, 3.8) is 0 Å². The molecule has 0 fully saturated rings. The second-order valence-corrected chi connectivity index (χ2v) is 4.53. The third kappa shape index (κ3) is 5.26. The molecule has 1 amide bonds. The molecule has 5 heteroatoms. The summed E-state index contributed by atoms with van der Waals surface area (Å²) in [4.78, 5) is 16.1. The molecule has 0 aromatic carbocycles. The molecule has 1 heterocycles. The molecule has 0 bridgehead atoms. The van der Waals surface area contributed by atoms with Crippen LogP contribution in [0.4, 0.5) is 0 Å². The van der Waals surface area contributed by atoms with Crippen LogP contribution < -0.4 is 15.4 Å². The van der Waals surface area contributed by atoms with Crippen LogP contribution in [0.5, 0.6) is 5.75 Å². The molecule has 0 spiro atoms. The van der Waals surface area contributed by atoms with Crippen LogP contribution in [0.1, 0.15) is 31.7 Å². The summed E-state index contributed by atoms with van der Waals surface area (Å²) in [6, 6.07) is 3.51. The first-order valence-corrected chi connectivity index (χ1v) is 6.59. The molecule has 1 aromatic heterocycles. The van der Waals surface area contributed by atoms with Gasteiger partial charge in [-0.1, -0.05) is 6.92 Å². The summed E-state index contributed by atoms with van der Waals surface area (Å²) in [6.07, 6.45) is 0.940. The predicted molar refractivity (Wildman–Crippen MR) is 75.1 cm³/mol. The van der Waals surface area contributed by atoms with Gasteiger partial charge in [-0.3, -0.25) is 9.78 Å². The molecule has 0 radical (unpaired) electrons. The van der Waals surface area contributed by atoms with E-state index < -0.39 is 0 Å². The third-order valence-electron chi connectivity index (χ3n) is 2.75. The SMILES string of the molecule is CCCNC(=O)C(C)NCc1cc(OC)cc(C)n1. The van der Waals surface area contributed by atoms with Gasteiger partial charge in [-0.2, -0.15) is 0 Å². The van der Waals surface area contributed by atoms with Crippen molar-refractivity contribution in [1.29, 1.82) is 0 Å². The lowest BCUT2D eigenvalue weighted by molar-refractivity contribution is -0.122. The second kappa shape index (κ2) is 7.74. The molecule has 0 saturated heterocycles. The molecule has 2 N–H and O–H groups in total. The fourth-order valence-electron chi connectivity index (χ4n) is 1.66. The minimum Gasteiger partial charge on any atom is -0.497 e. The lowest BCUT2D eigenvalue weighted by atomic mass is 10.2. The van der Waals surface area contributed by atoms with Crippen LogP contribution in [0, 0.1) is 6.92 Å². The Labute approximate surface area is 114 Å². The number of carbonyl (C=O) groups is 1. The summed E-state index contributed by atoms with van der Waals surface area (Å²) >= 11 is 0. The molecular formula is C14H23N3O2. The molecule has 106 valence electrons. The van der Waals surface area contributed by atoms with Gasteiger partial charge in [0.1, 0.15) is 5.75 Å². The zero-order chi connectivity index (χ0) is 14.3. The minimum atomic E-state index is -0.236. The van der Waals surface area contributed by atoms with Crippen molar-refractivity contribution >= 4 is 5.91 Å². The van der Waals surface area contributed by atoms with Crippen LogP contribution in [-0.2, 0) is 11.3 Å². The maximum atomic E-state index is 11.7. The molecule has 1 rings (SSSR count). The molecular weight excluding hydrogens is 242 g/mol. The number of nitrogens with zero attached hydrogens (tertiary/aromatic N) is 1. The normalized spacial score (nSPS) is 12.0. The van der Waals surface area contributed by atoms with Crippen molar-refractivity contribution in [2.75, 3.05) is 13.7 Å². The van der Waals surface area contributed by atoms with E-state index in [1.165, 1.54) is 0 Å². The van der Waals surface area contributed by atoms with Crippen LogP contribution in [0.25, 0.3) is 0 Å². The molecule has 1 atom stereocenters. The molecule has 5 nitrogen and oxygen atoms in total. The maximum absolute atomic E-state index is 11.7. The largest absolute Gasteiger partial charge is 0.497 e. The number of aromatic nitrogens is 1. The van der Waals surface area contributed by atoms with Gasteiger partial charge in [-0.25, -0.2) is 0 Å². The van der Waals surface area contributed by atoms with Crippen molar-refractivity contribution < 1.29 is 9.53 Å². The van der Waals surface area contributed by atoms with E-state index in [-0.39, 0.29) is 11.9 Å².